The molecule has 0 aliphatic carbocycles. The zero-order valence-electron chi connectivity index (χ0n) is 17.4. The van der Waals surface area contributed by atoms with E-state index in [1.54, 1.807) is 48.5 Å². The summed E-state index contributed by atoms with van der Waals surface area (Å²) in [6, 6.07) is 19.0. The SMILES string of the molecule is CC(C)(C)c1ccc(NC(=O)c2cccc(N3C(=O)c4ccccc4C3=O)c2)c(Br)c1. The Kier molecular flexibility index (Phi) is 5.27. The highest BCUT2D eigenvalue weighted by molar-refractivity contribution is 9.10. The molecule has 0 aromatic heterocycles. The van der Waals surface area contributed by atoms with Crippen LogP contribution in [-0.2, 0) is 5.41 Å². The number of hydrogen-bond acceptors (Lipinski definition) is 3. The molecule has 156 valence electrons. The van der Waals surface area contributed by atoms with E-state index in [4.69, 9.17) is 0 Å². The fraction of sp³-hybridized carbons (Fsp3) is 0.160. The van der Waals surface area contributed by atoms with Crippen LogP contribution in [0.5, 0.6) is 0 Å². The number of amides is 3. The zero-order chi connectivity index (χ0) is 22.3. The van der Waals surface area contributed by atoms with Gasteiger partial charge in [0.05, 0.1) is 22.5 Å². The van der Waals surface area contributed by atoms with Crippen LogP contribution in [0.25, 0.3) is 0 Å². The van der Waals surface area contributed by atoms with E-state index >= 15 is 0 Å². The summed E-state index contributed by atoms with van der Waals surface area (Å²) in [4.78, 5) is 39.5. The van der Waals surface area contributed by atoms with Crippen molar-refractivity contribution in [2.75, 3.05) is 10.2 Å². The molecule has 0 spiro atoms. The molecule has 1 N–H and O–H groups in total. The summed E-state index contributed by atoms with van der Waals surface area (Å²) in [6.45, 7) is 6.37. The molecular weight excluding hydrogens is 456 g/mol. The summed E-state index contributed by atoms with van der Waals surface area (Å²) in [5.41, 5.74) is 3.22. The number of halogens is 1. The van der Waals surface area contributed by atoms with Crippen molar-refractivity contribution in [1.82, 2.24) is 0 Å². The Morgan fingerprint density at radius 2 is 1.52 bits per heavy atom. The third-order valence-corrected chi connectivity index (χ3v) is 5.90. The van der Waals surface area contributed by atoms with Crippen LogP contribution < -0.4 is 10.2 Å². The first-order chi connectivity index (χ1) is 14.7. The molecule has 3 amide bonds. The summed E-state index contributed by atoms with van der Waals surface area (Å²) >= 11 is 3.53. The van der Waals surface area contributed by atoms with Gasteiger partial charge in [-0.2, -0.15) is 0 Å². The second-order valence-electron chi connectivity index (χ2n) is 8.44. The van der Waals surface area contributed by atoms with Crippen molar-refractivity contribution < 1.29 is 14.4 Å². The molecule has 0 saturated heterocycles. The van der Waals surface area contributed by atoms with Crippen molar-refractivity contribution in [2.24, 2.45) is 0 Å². The molecule has 6 heteroatoms. The molecule has 1 aliphatic heterocycles. The Labute approximate surface area is 189 Å². The summed E-state index contributed by atoms with van der Waals surface area (Å²) < 4.78 is 0.782. The van der Waals surface area contributed by atoms with Gasteiger partial charge in [-0.15, -0.1) is 0 Å². The molecule has 3 aromatic carbocycles. The molecule has 5 nitrogen and oxygen atoms in total. The minimum Gasteiger partial charge on any atom is -0.321 e. The summed E-state index contributed by atoms with van der Waals surface area (Å²) in [5, 5.41) is 2.89. The van der Waals surface area contributed by atoms with Crippen molar-refractivity contribution >= 4 is 45.0 Å². The molecule has 0 unspecified atom stereocenters. The standard InChI is InChI=1S/C25H21BrN2O3/c1-25(2,3)16-11-12-21(20(26)14-16)27-22(29)15-7-6-8-17(13-15)28-23(30)18-9-4-5-10-19(18)24(28)31/h4-14H,1-3H3,(H,27,29). The lowest BCUT2D eigenvalue weighted by Gasteiger charge is -2.20. The topological polar surface area (TPSA) is 66.5 Å². The summed E-state index contributed by atoms with van der Waals surface area (Å²) in [6.07, 6.45) is 0. The van der Waals surface area contributed by atoms with Gasteiger partial charge in [-0.05, 0) is 69.4 Å². The largest absolute Gasteiger partial charge is 0.321 e. The summed E-state index contributed by atoms with van der Waals surface area (Å²) in [5.74, 6) is -1.11. The van der Waals surface area contributed by atoms with Crippen molar-refractivity contribution in [2.45, 2.75) is 26.2 Å². The Bertz CT molecular complexity index is 1190. The molecule has 3 aromatic rings. The fourth-order valence-electron chi connectivity index (χ4n) is 3.49. The lowest BCUT2D eigenvalue weighted by atomic mass is 9.87. The van der Waals surface area contributed by atoms with Crippen LogP contribution in [0.15, 0.2) is 71.2 Å². The quantitative estimate of drug-likeness (QED) is 0.485. The number of carbonyl (C=O) groups excluding carboxylic acids is 3. The molecule has 31 heavy (non-hydrogen) atoms. The smallest absolute Gasteiger partial charge is 0.266 e. The highest BCUT2D eigenvalue weighted by Gasteiger charge is 2.36. The van der Waals surface area contributed by atoms with Crippen molar-refractivity contribution in [1.29, 1.82) is 0 Å². The van der Waals surface area contributed by atoms with Crippen LogP contribution >= 0.6 is 15.9 Å². The van der Waals surface area contributed by atoms with Crippen molar-refractivity contribution in [3.05, 3.63) is 93.5 Å². The van der Waals surface area contributed by atoms with Gasteiger partial charge in [0, 0.05) is 10.0 Å². The number of nitrogens with zero attached hydrogens (tertiary/aromatic N) is 1. The number of nitrogens with one attached hydrogen (secondary N) is 1. The van der Waals surface area contributed by atoms with Crippen LogP contribution in [0.1, 0.15) is 57.4 Å². The van der Waals surface area contributed by atoms with Crippen LogP contribution in [0.2, 0.25) is 0 Å². The van der Waals surface area contributed by atoms with Crippen molar-refractivity contribution in [3.63, 3.8) is 0 Å². The normalized spacial score (nSPS) is 13.4. The molecule has 1 aliphatic rings. The molecule has 4 rings (SSSR count). The number of benzene rings is 3. The zero-order valence-corrected chi connectivity index (χ0v) is 19.0. The van der Waals surface area contributed by atoms with Crippen LogP contribution in [0.3, 0.4) is 0 Å². The molecule has 0 saturated carbocycles. The number of fused-ring (bicyclic) bond motifs is 1. The minimum absolute atomic E-state index is 0.00816. The minimum atomic E-state index is -0.390. The Balaban J connectivity index is 1.59. The van der Waals surface area contributed by atoms with E-state index in [0.717, 1.165) is 14.9 Å². The first-order valence-corrected chi connectivity index (χ1v) is 10.7. The molecule has 0 radical (unpaired) electrons. The number of anilines is 2. The molecule has 0 fully saturated rings. The second kappa shape index (κ2) is 7.78. The maximum absolute atomic E-state index is 12.9. The van der Waals surface area contributed by atoms with Gasteiger partial charge in [-0.1, -0.05) is 45.0 Å². The Hall–Kier alpha value is -3.25. The van der Waals surface area contributed by atoms with E-state index in [1.165, 1.54) is 0 Å². The molecular formula is C25H21BrN2O3. The van der Waals surface area contributed by atoms with Crippen LogP contribution in [0.4, 0.5) is 11.4 Å². The van der Waals surface area contributed by atoms with Gasteiger partial charge in [0.1, 0.15) is 0 Å². The van der Waals surface area contributed by atoms with E-state index in [-0.39, 0.29) is 11.3 Å². The van der Waals surface area contributed by atoms with Crippen LogP contribution in [0, 0.1) is 0 Å². The third-order valence-electron chi connectivity index (χ3n) is 5.24. The van der Waals surface area contributed by atoms with Gasteiger partial charge in [-0.25, -0.2) is 4.90 Å². The molecule has 1 heterocycles. The lowest BCUT2D eigenvalue weighted by Crippen LogP contribution is -2.29. The van der Waals surface area contributed by atoms with Gasteiger partial charge in [-0.3, -0.25) is 14.4 Å². The van der Waals surface area contributed by atoms with Gasteiger partial charge in [0.15, 0.2) is 0 Å². The highest BCUT2D eigenvalue weighted by atomic mass is 79.9. The maximum Gasteiger partial charge on any atom is 0.266 e. The average molecular weight is 477 g/mol. The molecule has 0 atom stereocenters. The predicted octanol–water partition coefficient (Wildman–Crippen LogP) is 5.80. The predicted molar refractivity (Wildman–Crippen MR) is 125 cm³/mol. The number of carbonyl (C=O) groups is 3. The Morgan fingerprint density at radius 3 is 2.10 bits per heavy atom. The van der Waals surface area contributed by atoms with E-state index in [1.807, 2.05) is 18.2 Å². The van der Waals surface area contributed by atoms with E-state index in [0.29, 0.717) is 28.1 Å². The average Bonchev–Trinajstić information content (AvgIpc) is 2.99. The Morgan fingerprint density at radius 1 is 0.871 bits per heavy atom. The fourth-order valence-corrected chi connectivity index (χ4v) is 3.97. The number of hydrogen-bond donors (Lipinski definition) is 1. The van der Waals surface area contributed by atoms with Gasteiger partial charge >= 0.3 is 0 Å². The second-order valence-corrected chi connectivity index (χ2v) is 9.29. The molecule has 0 bridgehead atoms. The highest BCUT2D eigenvalue weighted by Crippen LogP contribution is 2.31. The van der Waals surface area contributed by atoms with Crippen LogP contribution in [-0.4, -0.2) is 17.7 Å². The monoisotopic (exact) mass is 476 g/mol. The van der Waals surface area contributed by atoms with Crippen molar-refractivity contribution in [3.8, 4) is 0 Å². The van der Waals surface area contributed by atoms with E-state index in [9.17, 15) is 14.4 Å². The van der Waals surface area contributed by atoms with Gasteiger partial charge in [0.25, 0.3) is 17.7 Å². The third kappa shape index (κ3) is 3.91. The van der Waals surface area contributed by atoms with E-state index < -0.39 is 11.8 Å². The first-order valence-electron chi connectivity index (χ1n) is 9.86. The first kappa shape index (κ1) is 21.0. The van der Waals surface area contributed by atoms with Gasteiger partial charge in [0.2, 0.25) is 0 Å². The lowest BCUT2D eigenvalue weighted by molar-refractivity contribution is 0.0924. The maximum atomic E-state index is 12.9. The van der Waals surface area contributed by atoms with E-state index in [2.05, 4.69) is 42.0 Å². The summed E-state index contributed by atoms with van der Waals surface area (Å²) in [7, 11) is 0. The number of rotatable bonds is 3. The number of imide groups is 1. The van der Waals surface area contributed by atoms with Gasteiger partial charge < -0.3 is 5.32 Å².